The van der Waals surface area contributed by atoms with E-state index in [4.69, 9.17) is 0 Å². The molecule has 3 rings (SSSR count). The molecule has 28 heavy (non-hydrogen) atoms. The van der Waals surface area contributed by atoms with Gasteiger partial charge in [0, 0.05) is 29.6 Å². The maximum absolute atomic E-state index is 14.0. The second-order valence-corrected chi connectivity index (χ2v) is 6.22. The fraction of sp³-hybridized carbons (Fsp3) is 0.222. The van der Waals surface area contributed by atoms with E-state index in [1.54, 1.807) is 13.8 Å². The van der Waals surface area contributed by atoms with E-state index in [0.717, 1.165) is 22.8 Å². The second kappa shape index (κ2) is 7.59. The van der Waals surface area contributed by atoms with Crippen LogP contribution in [-0.2, 0) is 11.3 Å². The topological polar surface area (TPSA) is 102 Å². The normalized spacial score (nSPS) is 12.0. The third kappa shape index (κ3) is 3.90. The van der Waals surface area contributed by atoms with E-state index in [9.17, 15) is 23.2 Å². The number of H-pyrrole nitrogens is 1. The first kappa shape index (κ1) is 19.2. The van der Waals surface area contributed by atoms with Crippen molar-refractivity contribution in [3.05, 3.63) is 80.4 Å². The summed E-state index contributed by atoms with van der Waals surface area (Å²) in [6.07, 6.45) is 2.71. The van der Waals surface area contributed by atoms with E-state index in [2.05, 4.69) is 15.4 Å². The summed E-state index contributed by atoms with van der Waals surface area (Å²) in [7, 11) is 0. The van der Waals surface area contributed by atoms with Crippen molar-refractivity contribution in [2.75, 3.05) is 0 Å². The zero-order chi connectivity index (χ0) is 20.4. The molecule has 0 aliphatic heterocycles. The molecule has 1 atom stereocenters. The molecule has 0 saturated carbocycles. The lowest BCUT2D eigenvalue weighted by Gasteiger charge is -2.15. The van der Waals surface area contributed by atoms with Crippen molar-refractivity contribution in [3.8, 4) is 5.69 Å². The SMILES string of the molecule is Cc1c(C(C)NC(=O)Cn2ccc(=O)[nH]c2=O)cnn1-c1ccc(F)cc1F. The summed E-state index contributed by atoms with van der Waals surface area (Å²) < 4.78 is 29.5. The molecule has 2 N–H and O–H groups in total. The summed E-state index contributed by atoms with van der Waals surface area (Å²) in [4.78, 5) is 37.0. The van der Waals surface area contributed by atoms with Gasteiger partial charge in [0.1, 0.15) is 18.0 Å². The number of hydrogen-bond acceptors (Lipinski definition) is 4. The Bertz CT molecular complexity index is 1150. The van der Waals surface area contributed by atoms with Gasteiger partial charge < -0.3 is 5.32 Å². The summed E-state index contributed by atoms with van der Waals surface area (Å²) in [6.45, 7) is 3.13. The number of carbonyl (C=O) groups is 1. The molecule has 8 nitrogen and oxygen atoms in total. The molecule has 0 aliphatic rings. The van der Waals surface area contributed by atoms with Crippen LogP contribution < -0.4 is 16.6 Å². The average molecular weight is 389 g/mol. The minimum absolute atomic E-state index is 0.0865. The minimum Gasteiger partial charge on any atom is -0.348 e. The fourth-order valence-electron chi connectivity index (χ4n) is 2.83. The highest BCUT2D eigenvalue weighted by atomic mass is 19.1. The third-order valence-electron chi connectivity index (χ3n) is 4.24. The van der Waals surface area contributed by atoms with Crippen LogP contribution in [0.2, 0.25) is 0 Å². The predicted octanol–water partition coefficient (Wildman–Crippen LogP) is 1.19. The van der Waals surface area contributed by atoms with Gasteiger partial charge in [-0.05, 0) is 26.0 Å². The van der Waals surface area contributed by atoms with Crippen molar-refractivity contribution in [2.45, 2.75) is 26.4 Å². The number of aromatic nitrogens is 4. The number of benzene rings is 1. The number of halogens is 2. The lowest BCUT2D eigenvalue weighted by Crippen LogP contribution is -2.36. The maximum Gasteiger partial charge on any atom is 0.328 e. The molecule has 0 saturated heterocycles. The van der Waals surface area contributed by atoms with Crippen LogP contribution in [0.25, 0.3) is 5.69 Å². The number of amides is 1. The highest BCUT2D eigenvalue weighted by Crippen LogP contribution is 2.22. The molecule has 0 bridgehead atoms. The summed E-state index contributed by atoms with van der Waals surface area (Å²) in [5.74, 6) is -1.90. The van der Waals surface area contributed by atoms with Crippen LogP contribution in [0.1, 0.15) is 24.2 Å². The largest absolute Gasteiger partial charge is 0.348 e. The standard InChI is InChI=1S/C18H17F2N5O3/c1-10(22-17(27)9-24-6-5-16(26)23-18(24)28)13-8-21-25(11(13)2)15-4-3-12(19)7-14(15)20/h3-8,10H,9H2,1-2H3,(H,22,27)(H,23,26,28). The molecule has 10 heteroatoms. The van der Waals surface area contributed by atoms with Gasteiger partial charge in [0.2, 0.25) is 5.91 Å². The van der Waals surface area contributed by atoms with E-state index in [1.807, 2.05) is 0 Å². The van der Waals surface area contributed by atoms with Gasteiger partial charge in [0.25, 0.3) is 5.56 Å². The third-order valence-corrected chi connectivity index (χ3v) is 4.24. The highest BCUT2D eigenvalue weighted by Gasteiger charge is 2.18. The maximum atomic E-state index is 14.0. The lowest BCUT2D eigenvalue weighted by atomic mass is 10.1. The van der Waals surface area contributed by atoms with E-state index in [0.29, 0.717) is 11.3 Å². The van der Waals surface area contributed by atoms with Crippen LogP contribution in [-0.4, -0.2) is 25.2 Å². The summed E-state index contributed by atoms with van der Waals surface area (Å²) >= 11 is 0. The van der Waals surface area contributed by atoms with Gasteiger partial charge in [0.15, 0.2) is 5.82 Å². The Morgan fingerprint density at radius 3 is 2.71 bits per heavy atom. The molecule has 1 unspecified atom stereocenters. The molecule has 1 aromatic carbocycles. The van der Waals surface area contributed by atoms with Crippen LogP contribution in [0, 0.1) is 18.6 Å². The van der Waals surface area contributed by atoms with Gasteiger partial charge in [-0.3, -0.25) is 19.1 Å². The smallest absolute Gasteiger partial charge is 0.328 e. The average Bonchev–Trinajstić information content (AvgIpc) is 2.99. The van der Waals surface area contributed by atoms with Gasteiger partial charge >= 0.3 is 5.69 Å². The van der Waals surface area contributed by atoms with Crippen LogP contribution in [0.3, 0.4) is 0 Å². The zero-order valence-electron chi connectivity index (χ0n) is 15.1. The Morgan fingerprint density at radius 2 is 2.04 bits per heavy atom. The molecule has 2 heterocycles. The minimum atomic E-state index is -0.758. The molecule has 0 aliphatic carbocycles. The molecule has 0 fully saturated rings. The molecular formula is C18H17F2N5O3. The number of rotatable bonds is 5. The highest BCUT2D eigenvalue weighted by molar-refractivity contribution is 5.76. The van der Waals surface area contributed by atoms with Crippen molar-refractivity contribution < 1.29 is 13.6 Å². The van der Waals surface area contributed by atoms with E-state index >= 15 is 0 Å². The Hall–Kier alpha value is -3.56. The van der Waals surface area contributed by atoms with Gasteiger partial charge in [-0.1, -0.05) is 0 Å². The first-order chi connectivity index (χ1) is 13.3. The van der Waals surface area contributed by atoms with Crippen molar-refractivity contribution in [1.82, 2.24) is 24.6 Å². The summed E-state index contributed by atoms with van der Waals surface area (Å²) in [5, 5.41) is 6.84. The van der Waals surface area contributed by atoms with Crippen LogP contribution in [0.5, 0.6) is 0 Å². The number of nitrogens with zero attached hydrogens (tertiary/aromatic N) is 3. The Balaban J connectivity index is 1.77. The quantitative estimate of drug-likeness (QED) is 0.684. The van der Waals surface area contributed by atoms with Crippen molar-refractivity contribution in [2.24, 2.45) is 0 Å². The van der Waals surface area contributed by atoms with Crippen LogP contribution in [0.4, 0.5) is 8.78 Å². The molecule has 1 amide bonds. The van der Waals surface area contributed by atoms with Crippen molar-refractivity contribution >= 4 is 5.91 Å². The van der Waals surface area contributed by atoms with Gasteiger partial charge in [-0.25, -0.2) is 18.3 Å². The zero-order valence-corrected chi connectivity index (χ0v) is 15.1. The Kier molecular flexibility index (Phi) is 5.21. The second-order valence-electron chi connectivity index (χ2n) is 6.22. The van der Waals surface area contributed by atoms with E-state index < -0.39 is 34.8 Å². The molecule has 0 spiro atoms. The number of nitrogens with one attached hydrogen (secondary N) is 2. The van der Waals surface area contributed by atoms with Gasteiger partial charge in [0.05, 0.1) is 12.2 Å². The number of aromatic amines is 1. The Morgan fingerprint density at radius 1 is 1.29 bits per heavy atom. The number of hydrogen-bond donors (Lipinski definition) is 2. The molecular weight excluding hydrogens is 372 g/mol. The van der Waals surface area contributed by atoms with Crippen LogP contribution >= 0.6 is 0 Å². The molecule has 2 aromatic heterocycles. The van der Waals surface area contributed by atoms with Gasteiger partial charge in [-0.2, -0.15) is 5.10 Å². The molecule has 3 aromatic rings. The van der Waals surface area contributed by atoms with Gasteiger partial charge in [-0.15, -0.1) is 0 Å². The first-order valence-electron chi connectivity index (χ1n) is 8.35. The lowest BCUT2D eigenvalue weighted by molar-refractivity contribution is -0.122. The van der Waals surface area contributed by atoms with Crippen molar-refractivity contribution in [3.63, 3.8) is 0 Å². The molecule has 146 valence electrons. The van der Waals surface area contributed by atoms with E-state index in [-0.39, 0.29) is 12.2 Å². The fourth-order valence-corrected chi connectivity index (χ4v) is 2.83. The van der Waals surface area contributed by atoms with Crippen molar-refractivity contribution in [1.29, 1.82) is 0 Å². The van der Waals surface area contributed by atoms with E-state index in [1.165, 1.54) is 23.1 Å². The van der Waals surface area contributed by atoms with Crippen LogP contribution in [0.15, 0.2) is 46.2 Å². The first-order valence-corrected chi connectivity index (χ1v) is 8.35. The summed E-state index contributed by atoms with van der Waals surface area (Å²) in [5.41, 5.74) is 0.0473. The number of carbonyl (C=O) groups excluding carboxylic acids is 1. The predicted molar refractivity (Wildman–Crippen MR) is 96.1 cm³/mol. The molecule has 0 radical (unpaired) electrons. The summed E-state index contributed by atoms with van der Waals surface area (Å²) in [6, 6.07) is 3.84. The monoisotopic (exact) mass is 389 g/mol. The Labute approximate surface area is 157 Å².